The van der Waals surface area contributed by atoms with Crippen LogP contribution in [0.4, 0.5) is 5.69 Å². The van der Waals surface area contributed by atoms with E-state index in [0.717, 1.165) is 11.3 Å². The number of fused-ring (bicyclic) bond motifs is 1. The number of ether oxygens (including phenoxy) is 1. The molecule has 0 spiro atoms. The molecule has 2 rings (SSSR count). The molecule has 1 N–H and O–H groups in total. The van der Waals surface area contributed by atoms with Gasteiger partial charge in [0.25, 0.3) is 0 Å². The second kappa shape index (κ2) is 5.66. The molecule has 112 valence electrons. The van der Waals surface area contributed by atoms with Gasteiger partial charge >= 0.3 is 7.60 Å². The summed E-state index contributed by atoms with van der Waals surface area (Å²) in [6.07, 6.45) is 0. The van der Waals surface area contributed by atoms with Gasteiger partial charge in [0.15, 0.2) is 11.5 Å². The van der Waals surface area contributed by atoms with Crippen LogP contribution >= 0.6 is 7.60 Å². The predicted octanol–water partition coefficient (Wildman–Crippen LogP) is 4.03. The number of hydrogen-bond donors (Lipinski definition) is 1. The summed E-state index contributed by atoms with van der Waals surface area (Å²) in [5, 5.41) is 3.31. The summed E-state index contributed by atoms with van der Waals surface area (Å²) in [5.41, 5.74) is 1.59. The van der Waals surface area contributed by atoms with Crippen LogP contribution < -0.4 is 14.6 Å². The number of rotatable bonds is 4. The molecule has 0 aliphatic carbocycles. The first-order valence-electron chi connectivity index (χ1n) is 6.77. The molecule has 0 radical (unpaired) electrons. The van der Waals surface area contributed by atoms with E-state index in [2.05, 4.69) is 19.2 Å². The molecule has 0 amide bonds. The monoisotopic (exact) mass is 299 g/mol. The summed E-state index contributed by atoms with van der Waals surface area (Å²) < 4.78 is 29.0. The molecular formula is C14H22NO4P. The van der Waals surface area contributed by atoms with E-state index >= 15 is 0 Å². The minimum absolute atomic E-state index is 0.186. The molecule has 5 nitrogen and oxygen atoms in total. The molecule has 1 aromatic carbocycles. The van der Waals surface area contributed by atoms with Crippen molar-refractivity contribution in [2.75, 3.05) is 12.4 Å². The van der Waals surface area contributed by atoms with Gasteiger partial charge in [-0.15, -0.1) is 0 Å². The van der Waals surface area contributed by atoms with Gasteiger partial charge in [-0.3, -0.25) is 4.52 Å². The summed E-state index contributed by atoms with van der Waals surface area (Å²) in [6, 6.07) is 4.11. The lowest BCUT2D eigenvalue weighted by Gasteiger charge is -2.29. The van der Waals surface area contributed by atoms with Crippen LogP contribution in [0.1, 0.15) is 33.3 Å². The first-order chi connectivity index (χ1) is 9.35. The van der Waals surface area contributed by atoms with Gasteiger partial charge in [-0.05, 0) is 19.9 Å². The second-order valence-electron chi connectivity index (χ2n) is 5.46. The third-order valence-corrected chi connectivity index (χ3v) is 5.25. The normalized spacial score (nSPS) is 21.6. The lowest BCUT2D eigenvalue weighted by Crippen LogP contribution is -2.16. The highest BCUT2D eigenvalue weighted by atomic mass is 31.2. The van der Waals surface area contributed by atoms with Crippen molar-refractivity contribution in [2.45, 2.75) is 46.0 Å². The van der Waals surface area contributed by atoms with Crippen LogP contribution in [0.3, 0.4) is 0 Å². The van der Waals surface area contributed by atoms with Gasteiger partial charge in [-0.25, -0.2) is 4.57 Å². The van der Waals surface area contributed by atoms with Crippen LogP contribution in [0.5, 0.6) is 11.5 Å². The van der Waals surface area contributed by atoms with E-state index in [4.69, 9.17) is 13.8 Å². The Hall–Kier alpha value is -1.19. The minimum atomic E-state index is -3.10. The smallest absolute Gasteiger partial charge is 0.382 e. The molecule has 0 saturated carbocycles. The summed E-state index contributed by atoms with van der Waals surface area (Å²) in [6.45, 7) is 8.05. The number of hydrogen-bond acceptors (Lipinski definition) is 5. The zero-order chi connectivity index (χ0) is 14.9. The highest BCUT2D eigenvalue weighted by Crippen LogP contribution is 2.59. The Morgan fingerprint density at radius 1 is 1.30 bits per heavy atom. The third kappa shape index (κ3) is 2.94. The van der Waals surface area contributed by atoms with E-state index in [9.17, 15) is 4.57 Å². The van der Waals surface area contributed by atoms with Crippen molar-refractivity contribution in [3.63, 3.8) is 0 Å². The molecule has 0 saturated heterocycles. The lowest BCUT2D eigenvalue weighted by atomic mass is 10.1. The summed E-state index contributed by atoms with van der Waals surface area (Å²) in [4.78, 5) is 0. The van der Waals surface area contributed by atoms with Crippen molar-refractivity contribution < 1.29 is 18.3 Å². The molecule has 1 unspecified atom stereocenters. The Bertz CT molecular complexity index is 525. The lowest BCUT2D eigenvalue weighted by molar-refractivity contribution is 0.222. The van der Waals surface area contributed by atoms with E-state index in [1.807, 2.05) is 26.0 Å². The van der Waals surface area contributed by atoms with Crippen LogP contribution in [0.2, 0.25) is 0 Å². The van der Waals surface area contributed by atoms with Crippen LogP contribution in [0.25, 0.3) is 0 Å². The maximum Gasteiger partial charge on any atom is 0.382 e. The molecule has 1 aromatic rings. The first kappa shape index (κ1) is 15.2. The van der Waals surface area contributed by atoms with Gasteiger partial charge in [0.2, 0.25) is 0 Å². The van der Waals surface area contributed by atoms with Crippen molar-refractivity contribution in [3.05, 3.63) is 17.7 Å². The molecule has 0 aromatic heterocycles. The van der Waals surface area contributed by atoms with Crippen molar-refractivity contribution in [1.82, 2.24) is 0 Å². The van der Waals surface area contributed by atoms with Crippen LogP contribution in [-0.4, -0.2) is 18.8 Å². The fourth-order valence-corrected chi connectivity index (χ4v) is 3.35. The highest BCUT2D eigenvalue weighted by Gasteiger charge is 2.37. The molecule has 1 heterocycles. The average molecular weight is 299 g/mol. The van der Waals surface area contributed by atoms with Crippen molar-refractivity contribution in [3.8, 4) is 11.5 Å². The largest absolute Gasteiger partial charge is 0.493 e. The second-order valence-corrected chi connectivity index (χ2v) is 8.02. The van der Waals surface area contributed by atoms with Gasteiger partial charge in [-0.2, -0.15) is 0 Å². The van der Waals surface area contributed by atoms with E-state index in [1.165, 1.54) is 0 Å². The first-order valence-corrected chi connectivity index (χ1v) is 8.38. The Kier molecular flexibility index (Phi) is 4.31. The van der Waals surface area contributed by atoms with Gasteiger partial charge in [0.1, 0.15) is 0 Å². The van der Waals surface area contributed by atoms with Gasteiger partial charge in [0, 0.05) is 23.4 Å². The molecule has 0 fully saturated rings. The molecule has 1 aliphatic heterocycles. The Morgan fingerprint density at radius 2 is 2.00 bits per heavy atom. The minimum Gasteiger partial charge on any atom is -0.493 e. The average Bonchev–Trinajstić information content (AvgIpc) is 2.37. The number of nitrogens with one attached hydrogen (secondary N) is 1. The summed E-state index contributed by atoms with van der Waals surface area (Å²) in [5.74, 6) is 1.11. The van der Waals surface area contributed by atoms with Crippen LogP contribution in [0, 0.1) is 0 Å². The van der Waals surface area contributed by atoms with E-state index in [1.54, 1.807) is 7.11 Å². The zero-order valence-corrected chi connectivity index (χ0v) is 13.5. The fourth-order valence-electron chi connectivity index (χ4n) is 2.01. The van der Waals surface area contributed by atoms with Crippen molar-refractivity contribution in [1.29, 1.82) is 0 Å². The topological polar surface area (TPSA) is 56.8 Å². The standard InChI is InChI=1S/C14H22NO4P/c1-9(2)15-12-6-11-8-18-20(16,10(3)4)19-14(11)13(7-12)17-5/h6-7,9-10,15H,8H2,1-5H3. The fraction of sp³-hybridized carbons (Fsp3) is 0.571. The molecule has 6 heteroatoms. The summed E-state index contributed by atoms with van der Waals surface area (Å²) in [7, 11) is -1.52. The Labute approximate surface area is 120 Å². The van der Waals surface area contributed by atoms with Crippen LogP contribution in [0.15, 0.2) is 12.1 Å². The maximum atomic E-state index is 12.5. The molecule has 20 heavy (non-hydrogen) atoms. The van der Waals surface area contributed by atoms with Gasteiger partial charge in [0.05, 0.1) is 19.4 Å². The Balaban J connectivity index is 2.40. The van der Waals surface area contributed by atoms with Gasteiger partial charge in [-0.1, -0.05) is 13.8 Å². The number of anilines is 1. The SMILES string of the molecule is COc1cc(NC(C)C)cc2c1OP(=O)(C(C)C)OC2. The summed E-state index contributed by atoms with van der Waals surface area (Å²) >= 11 is 0. The van der Waals surface area contributed by atoms with E-state index in [-0.39, 0.29) is 12.3 Å². The van der Waals surface area contributed by atoms with Crippen LogP contribution in [-0.2, 0) is 15.7 Å². The van der Waals surface area contributed by atoms with E-state index in [0.29, 0.717) is 17.5 Å². The molecule has 1 atom stereocenters. The molecule has 0 bridgehead atoms. The molecular weight excluding hydrogens is 277 g/mol. The predicted molar refractivity (Wildman–Crippen MR) is 79.9 cm³/mol. The quantitative estimate of drug-likeness (QED) is 0.851. The van der Waals surface area contributed by atoms with Crippen molar-refractivity contribution >= 4 is 13.3 Å². The molecule has 1 aliphatic rings. The zero-order valence-electron chi connectivity index (χ0n) is 12.6. The van der Waals surface area contributed by atoms with Crippen molar-refractivity contribution in [2.24, 2.45) is 0 Å². The third-order valence-electron chi connectivity index (χ3n) is 3.06. The number of methoxy groups -OCH3 is 1. The number of benzene rings is 1. The maximum absolute atomic E-state index is 12.5. The Morgan fingerprint density at radius 3 is 2.55 bits per heavy atom. The van der Waals surface area contributed by atoms with E-state index < -0.39 is 7.60 Å². The van der Waals surface area contributed by atoms with Gasteiger partial charge < -0.3 is 14.6 Å². The highest BCUT2D eigenvalue weighted by molar-refractivity contribution is 7.55.